The number of halogens is 1. The number of hydrogen-bond donors (Lipinski definition) is 2. The molecule has 1 N–H and O–H groups in total. The largest absolute Gasteiger partial charge is 0.327 e. The number of carbonyl (C=O) groups is 1. The summed E-state index contributed by atoms with van der Waals surface area (Å²) in [6, 6.07) is 15.2. The average Bonchev–Trinajstić information content (AvgIpc) is 2.56. The lowest BCUT2D eigenvalue weighted by Gasteiger charge is -2.39. The zero-order chi connectivity index (χ0) is 18.1. The van der Waals surface area contributed by atoms with Crippen molar-refractivity contribution in [1.82, 2.24) is 5.32 Å². The number of thiol groups is 1. The summed E-state index contributed by atoms with van der Waals surface area (Å²) in [5.41, 5.74) is 3.71. The van der Waals surface area contributed by atoms with E-state index < -0.39 is 12.1 Å². The second-order valence-electron chi connectivity index (χ2n) is 5.87. The summed E-state index contributed by atoms with van der Waals surface area (Å²) in [6.45, 7) is 3.99. The molecular weight excluding hydrogens is 354 g/mol. The molecule has 1 unspecified atom stereocenters. The fourth-order valence-corrected chi connectivity index (χ4v) is 3.56. The van der Waals surface area contributed by atoms with Crippen LogP contribution in [-0.2, 0) is 4.79 Å². The van der Waals surface area contributed by atoms with Crippen LogP contribution in [0.2, 0.25) is 5.02 Å². The Morgan fingerprint density at radius 1 is 1.24 bits per heavy atom. The number of anilines is 1. The Morgan fingerprint density at radius 2 is 1.96 bits per heavy atom. The zero-order valence-corrected chi connectivity index (χ0v) is 15.4. The first-order valence-corrected chi connectivity index (χ1v) is 8.51. The van der Waals surface area contributed by atoms with Crippen LogP contribution in [0.3, 0.4) is 0 Å². The summed E-state index contributed by atoms with van der Waals surface area (Å²) in [5, 5.41) is 13.1. The molecule has 3 rings (SSSR count). The van der Waals surface area contributed by atoms with Crippen LogP contribution in [0.25, 0.3) is 0 Å². The first-order valence-electron chi connectivity index (χ1n) is 7.69. The van der Waals surface area contributed by atoms with Gasteiger partial charge >= 0.3 is 0 Å². The summed E-state index contributed by atoms with van der Waals surface area (Å²) in [7, 11) is 0. The molecule has 126 valence electrons. The Balaban J connectivity index is 2.24. The van der Waals surface area contributed by atoms with Gasteiger partial charge in [-0.05, 0) is 31.5 Å². The highest BCUT2D eigenvalue weighted by Gasteiger charge is 2.35. The Morgan fingerprint density at radius 3 is 2.60 bits per heavy atom. The van der Waals surface area contributed by atoms with Gasteiger partial charge in [0, 0.05) is 16.3 Å². The van der Waals surface area contributed by atoms with E-state index in [1.165, 1.54) is 0 Å². The summed E-state index contributed by atoms with van der Waals surface area (Å²) in [4.78, 5) is 14.2. The van der Waals surface area contributed by atoms with Crippen molar-refractivity contribution in [3.8, 4) is 6.07 Å². The first-order chi connectivity index (χ1) is 11.9. The third kappa shape index (κ3) is 3.11. The molecule has 1 atom stereocenters. The van der Waals surface area contributed by atoms with Gasteiger partial charge in [-0.2, -0.15) is 5.26 Å². The molecule has 4 nitrogen and oxygen atoms in total. The van der Waals surface area contributed by atoms with Crippen LogP contribution in [-0.4, -0.2) is 5.91 Å². The van der Waals surface area contributed by atoms with Crippen LogP contribution < -0.4 is 10.2 Å². The molecule has 1 aliphatic rings. The number of amides is 1. The molecule has 0 fully saturated rings. The van der Waals surface area contributed by atoms with Crippen LogP contribution in [0.15, 0.2) is 53.1 Å². The number of benzene rings is 2. The average molecular weight is 370 g/mol. The van der Waals surface area contributed by atoms with E-state index in [-0.39, 0.29) is 5.57 Å². The lowest BCUT2D eigenvalue weighted by Crippen LogP contribution is -2.46. The minimum absolute atomic E-state index is 0.0217. The number of nitriles is 1. The van der Waals surface area contributed by atoms with Gasteiger partial charge in [-0.3, -0.25) is 4.79 Å². The maximum Gasteiger partial charge on any atom is 0.266 e. The van der Waals surface area contributed by atoms with Gasteiger partial charge in [-0.1, -0.05) is 47.5 Å². The normalized spacial score (nSPS) is 17.3. The molecule has 0 radical (unpaired) electrons. The van der Waals surface area contributed by atoms with E-state index in [0.717, 1.165) is 22.4 Å². The number of nitrogens with one attached hydrogen (secondary N) is 1. The van der Waals surface area contributed by atoms with Crippen LogP contribution >= 0.6 is 24.2 Å². The third-order valence-corrected chi connectivity index (χ3v) is 4.91. The fourth-order valence-electron chi connectivity index (χ4n) is 2.95. The van der Waals surface area contributed by atoms with Crippen LogP contribution in [0, 0.1) is 25.2 Å². The predicted molar refractivity (Wildman–Crippen MR) is 102 cm³/mol. The van der Waals surface area contributed by atoms with Crippen molar-refractivity contribution >= 4 is 35.8 Å². The molecule has 0 saturated carbocycles. The number of hydrogen-bond acceptors (Lipinski definition) is 4. The van der Waals surface area contributed by atoms with Crippen molar-refractivity contribution in [2.24, 2.45) is 0 Å². The molecular formula is C19H16ClN3OS. The summed E-state index contributed by atoms with van der Waals surface area (Å²) < 4.78 is 0. The zero-order valence-electron chi connectivity index (χ0n) is 13.7. The van der Waals surface area contributed by atoms with Gasteiger partial charge in [0.25, 0.3) is 5.91 Å². The molecule has 25 heavy (non-hydrogen) atoms. The Labute approximate surface area is 157 Å². The SMILES string of the molecule is Cc1ccc(N2C(S)=C(C#N)C(=O)NC2c2ccccc2Cl)c(C)c1. The summed E-state index contributed by atoms with van der Waals surface area (Å²) >= 11 is 10.9. The molecule has 0 aliphatic carbocycles. The highest BCUT2D eigenvalue weighted by Crippen LogP contribution is 2.39. The highest BCUT2D eigenvalue weighted by molar-refractivity contribution is 7.84. The van der Waals surface area contributed by atoms with Crippen molar-refractivity contribution in [2.45, 2.75) is 20.0 Å². The van der Waals surface area contributed by atoms with Gasteiger partial charge in [-0.25, -0.2) is 0 Å². The van der Waals surface area contributed by atoms with E-state index in [0.29, 0.717) is 10.1 Å². The third-order valence-electron chi connectivity index (χ3n) is 4.13. The van der Waals surface area contributed by atoms with Crippen molar-refractivity contribution in [3.05, 3.63) is 74.8 Å². The summed E-state index contributed by atoms with van der Waals surface area (Å²) in [5.74, 6) is -0.460. The second-order valence-corrected chi connectivity index (χ2v) is 6.70. The molecule has 0 spiro atoms. The Bertz CT molecular complexity index is 933. The smallest absolute Gasteiger partial charge is 0.266 e. The lowest BCUT2D eigenvalue weighted by molar-refractivity contribution is -0.118. The van der Waals surface area contributed by atoms with Gasteiger partial charge in [-0.15, -0.1) is 12.6 Å². The molecule has 0 bridgehead atoms. The minimum Gasteiger partial charge on any atom is -0.327 e. The van der Waals surface area contributed by atoms with E-state index in [9.17, 15) is 10.1 Å². The Kier molecular flexibility index (Phi) is 4.76. The van der Waals surface area contributed by atoms with Gasteiger partial charge in [0.2, 0.25) is 0 Å². The van der Waals surface area contributed by atoms with E-state index in [4.69, 9.17) is 11.6 Å². The van der Waals surface area contributed by atoms with E-state index in [2.05, 4.69) is 17.9 Å². The number of aryl methyl sites for hydroxylation is 2. The second kappa shape index (κ2) is 6.83. The fraction of sp³-hybridized carbons (Fsp3) is 0.158. The molecule has 1 aliphatic heterocycles. The quantitative estimate of drug-likeness (QED) is 0.778. The van der Waals surface area contributed by atoms with E-state index in [1.807, 2.05) is 61.2 Å². The molecule has 0 aromatic heterocycles. The van der Waals surface area contributed by atoms with Gasteiger partial charge in [0.1, 0.15) is 17.8 Å². The van der Waals surface area contributed by atoms with Crippen molar-refractivity contribution in [3.63, 3.8) is 0 Å². The van der Waals surface area contributed by atoms with Gasteiger partial charge < -0.3 is 10.2 Å². The van der Waals surface area contributed by atoms with Crippen molar-refractivity contribution in [2.75, 3.05) is 4.90 Å². The number of rotatable bonds is 2. The molecule has 2 aromatic carbocycles. The van der Waals surface area contributed by atoms with Crippen LogP contribution in [0.5, 0.6) is 0 Å². The monoisotopic (exact) mass is 369 g/mol. The van der Waals surface area contributed by atoms with Gasteiger partial charge in [0.05, 0.1) is 5.03 Å². The molecule has 6 heteroatoms. The highest BCUT2D eigenvalue weighted by atomic mass is 35.5. The molecule has 2 aromatic rings. The lowest BCUT2D eigenvalue weighted by atomic mass is 10.0. The topological polar surface area (TPSA) is 56.1 Å². The standard InChI is InChI=1S/C19H16ClN3OS/c1-11-7-8-16(12(2)9-11)23-17(13-5-3-4-6-15(13)20)22-18(24)14(10-21)19(23)25/h3-9,17,25H,1-2H3,(H,22,24). The maximum absolute atomic E-state index is 12.3. The number of carbonyl (C=O) groups excluding carboxylic acids is 1. The van der Waals surface area contributed by atoms with Crippen molar-refractivity contribution in [1.29, 1.82) is 5.26 Å². The summed E-state index contributed by atoms with van der Waals surface area (Å²) in [6.07, 6.45) is -0.549. The Hall–Kier alpha value is -2.42. The first kappa shape index (κ1) is 17.4. The molecule has 1 heterocycles. The van der Waals surface area contributed by atoms with E-state index in [1.54, 1.807) is 6.07 Å². The maximum atomic E-state index is 12.3. The van der Waals surface area contributed by atoms with Crippen molar-refractivity contribution < 1.29 is 4.79 Å². The number of nitrogens with zero attached hydrogens (tertiary/aromatic N) is 2. The predicted octanol–water partition coefficient (Wildman–Crippen LogP) is 4.26. The molecule has 1 amide bonds. The minimum atomic E-state index is -0.549. The van der Waals surface area contributed by atoms with Crippen LogP contribution in [0.1, 0.15) is 22.9 Å². The van der Waals surface area contributed by atoms with Crippen LogP contribution in [0.4, 0.5) is 5.69 Å². The van der Waals surface area contributed by atoms with E-state index >= 15 is 0 Å². The van der Waals surface area contributed by atoms with Gasteiger partial charge in [0.15, 0.2) is 0 Å². The molecule has 0 saturated heterocycles.